The monoisotopic (exact) mass is 398 g/mol. The number of methoxy groups -OCH3 is 2. The van der Waals surface area contributed by atoms with Gasteiger partial charge >= 0.3 is 11.7 Å². The van der Waals surface area contributed by atoms with E-state index >= 15 is 0 Å². The van der Waals surface area contributed by atoms with Crippen LogP contribution in [0.5, 0.6) is 11.5 Å². The van der Waals surface area contributed by atoms with Crippen molar-refractivity contribution in [2.45, 2.75) is 6.54 Å². The number of carbonyl (C=O) groups excluding carboxylic acids is 2. The number of hydrogen-bond donors (Lipinski definition) is 0. The molecule has 0 aliphatic heterocycles. The Morgan fingerprint density at radius 2 is 1.83 bits per heavy atom. The standard InChI is InChI=1S/C20H18N2O7/c1-26-14-8-9-17(27-2)15(10-14)16(23)12-28-18(24)11-22-20(25)29-19(21-22)13-6-4-3-5-7-13/h3-10H,11-12H2,1-2H3. The van der Waals surface area contributed by atoms with Crippen molar-refractivity contribution in [3.05, 3.63) is 64.6 Å². The lowest BCUT2D eigenvalue weighted by Crippen LogP contribution is -2.24. The molecule has 0 unspecified atom stereocenters. The maximum Gasteiger partial charge on any atom is 0.437 e. The Morgan fingerprint density at radius 3 is 2.52 bits per heavy atom. The second-order valence-corrected chi connectivity index (χ2v) is 5.85. The van der Waals surface area contributed by atoms with Crippen molar-refractivity contribution in [1.29, 1.82) is 0 Å². The van der Waals surface area contributed by atoms with Gasteiger partial charge in [-0.05, 0) is 30.3 Å². The number of Topliss-reactive ketones (excluding diaryl/α,β-unsaturated/α-hetero) is 1. The Morgan fingerprint density at radius 1 is 1.07 bits per heavy atom. The summed E-state index contributed by atoms with van der Waals surface area (Å²) in [4.78, 5) is 36.3. The lowest BCUT2D eigenvalue weighted by atomic mass is 10.1. The Bertz CT molecular complexity index is 1070. The summed E-state index contributed by atoms with van der Waals surface area (Å²) in [5.74, 6) is -1.22. The Labute approximate surface area is 165 Å². The van der Waals surface area contributed by atoms with Crippen molar-refractivity contribution in [3.8, 4) is 23.0 Å². The van der Waals surface area contributed by atoms with E-state index in [1.807, 2.05) is 6.07 Å². The van der Waals surface area contributed by atoms with Crippen molar-refractivity contribution in [3.63, 3.8) is 0 Å². The minimum absolute atomic E-state index is 0.0839. The second kappa shape index (κ2) is 8.87. The number of ketones is 1. The van der Waals surface area contributed by atoms with E-state index in [0.29, 0.717) is 17.1 Å². The molecule has 0 N–H and O–H groups in total. The Balaban J connectivity index is 1.64. The highest BCUT2D eigenvalue weighted by Gasteiger charge is 2.18. The van der Waals surface area contributed by atoms with Gasteiger partial charge in [0.1, 0.15) is 18.0 Å². The highest BCUT2D eigenvalue weighted by Crippen LogP contribution is 2.24. The van der Waals surface area contributed by atoms with E-state index < -0.39 is 30.7 Å². The molecule has 0 amide bonds. The molecule has 0 atom stereocenters. The van der Waals surface area contributed by atoms with Gasteiger partial charge in [-0.15, -0.1) is 5.10 Å². The first-order chi connectivity index (χ1) is 14.0. The second-order valence-electron chi connectivity index (χ2n) is 5.85. The molecule has 0 bridgehead atoms. The molecular weight excluding hydrogens is 380 g/mol. The maximum atomic E-state index is 12.4. The van der Waals surface area contributed by atoms with Crippen LogP contribution in [-0.4, -0.2) is 42.4 Å². The molecule has 9 heteroatoms. The Hall–Kier alpha value is -3.88. The Kier molecular flexibility index (Phi) is 6.08. The van der Waals surface area contributed by atoms with Gasteiger partial charge in [0, 0.05) is 5.56 Å². The summed E-state index contributed by atoms with van der Waals surface area (Å²) in [6.45, 7) is -1.02. The SMILES string of the molecule is COc1ccc(OC)c(C(=O)COC(=O)Cn2nc(-c3ccccc3)oc2=O)c1. The molecule has 9 nitrogen and oxygen atoms in total. The van der Waals surface area contributed by atoms with E-state index in [1.54, 1.807) is 36.4 Å². The number of carbonyl (C=O) groups is 2. The van der Waals surface area contributed by atoms with Crippen LogP contribution in [0, 0.1) is 0 Å². The molecule has 0 aliphatic carbocycles. The number of aromatic nitrogens is 2. The third kappa shape index (κ3) is 4.70. The van der Waals surface area contributed by atoms with Crippen molar-refractivity contribution >= 4 is 11.8 Å². The summed E-state index contributed by atoms with van der Waals surface area (Å²) >= 11 is 0. The topological polar surface area (TPSA) is 110 Å². The van der Waals surface area contributed by atoms with Crippen LogP contribution in [-0.2, 0) is 16.1 Å². The molecular formula is C20H18N2O7. The average molecular weight is 398 g/mol. The van der Waals surface area contributed by atoms with Gasteiger partial charge in [-0.25, -0.2) is 4.79 Å². The first-order valence-corrected chi connectivity index (χ1v) is 8.56. The zero-order valence-electron chi connectivity index (χ0n) is 15.8. The van der Waals surface area contributed by atoms with E-state index in [1.165, 1.54) is 20.3 Å². The number of hydrogen-bond acceptors (Lipinski definition) is 8. The quantitative estimate of drug-likeness (QED) is 0.418. The molecule has 0 spiro atoms. The third-order valence-corrected chi connectivity index (χ3v) is 3.98. The van der Waals surface area contributed by atoms with Crippen molar-refractivity contribution in [1.82, 2.24) is 9.78 Å². The summed E-state index contributed by atoms with van der Waals surface area (Å²) < 4.78 is 21.1. The summed E-state index contributed by atoms with van der Waals surface area (Å²) in [5.41, 5.74) is 0.807. The number of rotatable bonds is 8. The predicted molar refractivity (Wildman–Crippen MR) is 101 cm³/mol. The molecule has 1 heterocycles. The first kappa shape index (κ1) is 19.9. The van der Waals surface area contributed by atoms with Crippen LogP contribution in [0.1, 0.15) is 10.4 Å². The molecule has 0 radical (unpaired) electrons. The van der Waals surface area contributed by atoms with Gasteiger partial charge in [-0.2, -0.15) is 4.68 Å². The average Bonchev–Trinajstić information content (AvgIpc) is 3.12. The largest absolute Gasteiger partial charge is 0.497 e. The fraction of sp³-hybridized carbons (Fsp3) is 0.200. The van der Waals surface area contributed by atoms with Gasteiger partial charge < -0.3 is 18.6 Å². The van der Waals surface area contributed by atoms with Gasteiger partial charge in [0.25, 0.3) is 0 Å². The molecule has 3 rings (SSSR count). The summed E-state index contributed by atoms with van der Waals surface area (Å²) in [7, 11) is 2.89. The lowest BCUT2D eigenvalue weighted by molar-refractivity contribution is -0.143. The minimum atomic E-state index is -0.810. The number of nitrogens with zero attached hydrogens (tertiary/aromatic N) is 2. The smallest absolute Gasteiger partial charge is 0.437 e. The summed E-state index contributed by atoms with van der Waals surface area (Å²) in [6, 6.07) is 13.5. The zero-order chi connectivity index (χ0) is 20.8. The minimum Gasteiger partial charge on any atom is -0.497 e. The van der Waals surface area contributed by atoms with Gasteiger partial charge in [0.05, 0.1) is 19.8 Å². The molecule has 1 aromatic heterocycles. The normalized spacial score (nSPS) is 10.4. The van der Waals surface area contributed by atoms with E-state index in [4.69, 9.17) is 18.6 Å². The first-order valence-electron chi connectivity index (χ1n) is 8.56. The van der Waals surface area contributed by atoms with Gasteiger partial charge in [-0.1, -0.05) is 18.2 Å². The molecule has 0 saturated carbocycles. The highest BCUT2D eigenvalue weighted by molar-refractivity contribution is 6.00. The molecule has 0 fully saturated rings. The van der Waals surface area contributed by atoms with E-state index in [0.717, 1.165) is 4.68 Å². The fourth-order valence-corrected chi connectivity index (χ4v) is 2.53. The van der Waals surface area contributed by atoms with Crippen LogP contribution in [0.25, 0.3) is 11.5 Å². The summed E-state index contributed by atoms with van der Waals surface area (Å²) in [6.07, 6.45) is 0. The van der Waals surface area contributed by atoms with Crippen molar-refractivity contribution in [2.24, 2.45) is 0 Å². The maximum absolute atomic E-state index is 12.4. The number of benzene rings is 2. The van der Waals surface area contributed by atoms with Crippen molar-refractivity contribution < 1.29 is 28.2 Å². The highest BCUT2D eigenvalue weighted by atomic mass is 16.5. The number of esters is 1. The van der Waals surface area contributed by atoms with E-state index in [-0.39, 0.29) is 11.5 Å². The molecule has 2 aromatic carbocycles. The van der Waals surface area contributed by atoms with Crippen molar-refractivity contribution in [2.75, 3.05) is 20.8 Å². The van der Waals surface area contributed by atoms with E-state index in [9.17, 15) is 14.4 Å². The van der Waals surface area contributed by atoms with Gasteiger partial charge in [0.15, 0.2) is 6.61 Å². The predicted octanol–water partition coefficient (Wildman–Crippen LogP) is 1.95. The molecule has 29 heavy (non-hydrogen) atoms. The molecule has 3 aromatic rings. The van der Waals surface area contributed by atoms with Crippen LogP contribution in [0.4, 0.5) is 0 Å². The van der Waals surface area contributed by atoms with Crippen LogP contribution in [0.15, 0.2) is 57.7 Å². The van der Waals surface area contributed by atoms with Crippen LogP contribution >= 0.6 is 0 Å². The van der Waals surface area contributed by atoms with Gasteiger partial charge in [-0.3, -0.25) is 9.59 Å². The van der Waals surface area contributed by atoms with E-state index in [2.05, 4.69) is 5.10 Å². The lowest BCUT2D eigenvalue weighted by Gasteiger charge is -2.10. The fourth-order valence-electron chi connectivity index (χ4n) is 2.53. The molecule has 0 aliphatic rings. The zero-order valence-corrected chi connectivity index (χ0v) is 15.8. The molecule has 0 saturated heterocycles. The molecule has 150 valence electrons. The summed E-state index contributed by atoms with van der Waals surface area (Å²) in [5, 5.41) is 3.97. The van der Waals surface area contributed by atoms with Gasteiger partial charge in [0.2, 0.25) is 11.7 Å². The van der Waals surface area contributed by atoms with Crippen LogP contribution in [0.3, 0.4) is 0 Å². The third-order valence-electron chi connectivity index (χ3n) is 3.98. The van der Waals surface area contributed by atoms with Crippen LogP contribution < -0.4 is 15.2 Å². The van der Waals surface area contributed by atoms with Crippen LogP contribution in [0.2, 0.25) is 0 Å². The number of ether oxygens (including phenoxy) is 3.